The lowest BCUT2D eigenvalue weighted by molar-refractivity contribution is -0.126. The molecule has 2 rings (SSSR count). The number of carbonyl (C=O) groups excluding carboxylic acids is 1. The fourth-order valence-corrected chi connectivity index (χ4v) is 2.71. The largest absolute Gasteiger partial charge is 0.368 e. The first-order valence-corrected chi connectivity index (χ1v) is 8.42. The van der Waals surface area contributed by atoms with E-state index in [1.165, 1.54) is 5.57 Å². The molecule has 0 aliphatic heterocycles. The summed E-state index contributed by atoms with van der Waals surface area (Å²) in [7, 11) is 0. The second-order valence-corrected chi connectivity index (χ2v) is 6.36. The van der Waals surface area contributed by atoms with Crippen molar-refractivity contribution in [2.24, 2.45) is 5.92 Å². The Kier molecular flexibility index (Phi) is 6.95. The summed E-state index contributed by atoms with van der Waals surface area (Å²) < 4.78 is 6.22. The SMILES string of the molecule is CC(=O)[C@H](CC=C(C)C)[C@@H](OCc1ccccc1)c1ccccc1. The molecule has 0 spiro atoms. The fourth-order valence-electron chi connectivity index (χ4n) is 2.71. The van der Waals surface area contributed by atoms with Crippen LogP contribution in [0.25, 0.3) is 0 Å². The lowest BCUT2D eigenvalue weighted by Crippen LogP contribution is -2.22. The third-order valence-corrected chi connectivity index (χ3v) is 4.07. The zero-order chi connectivity index (χ0) is 17.4. The molecule has 0 saturated heterocycles. The molecular weight excluding hydrogens is 296 g/mol. The Morgan fingerprint density at radius 1 is 0.958 bits per heavy atom. The second-order valence-electron chi connectivity index (χ2n) is 6.36. The van der Waals surface area contributed by atoms with Crippen LogP contribution in [0.3, 0.4) is 0 Å². The van der Waals surface area contributed by atoms with Crippen LogP contribution in [0.1, 0.15) is 44.4 Å². The number of Topliss-reactive ketones (excluding diaryl/α,β-unsaturated/α-hetero) is 1. The van der Waals surface area contributed by atoms with E-state index in [2.05, 4.69) is 19.9 Å². The highest BCUT2D eigenvalue weighted by Gasteiger charge is 2.27. The maximum absolute atomic E-state index is 12.3. The molecule has 2 atom stereocenters. The lowest BCUT2D eigenvalue weighted by Gasteiger charge is -2.25. The van der Waals surface area contributed by atoms with Crippen molar-refractivity contribution in [3.63, 3.8) is 0 Å². The van der Waals surface area contributed by atoms with E-state index in [0.717, 1.165) is 11.1 Å². The number of rotatable bonds is 8. The molecule has 126 valence electrons. The van der Waals surface area contributed by atoms with E-state index >= 15 is 0 Å². The van der Waals surface area contributed by atoms with Gasteiger partial charge in [-0.2, -0.15) is 0 Å². The number of allylic oxidation sites excluding steroid dienone is 2. The van der Waals surface area contributed by atoms with Gasteiger partial charge >= 0.3 is 0 Å². The van der Waals surface area contributed by atoms with E-state index < -0.39 is 0 Å². The smallest absolute Gasteiger partial charge is 0.136 e. The molecular formula is C22H26O2. The summed E-state index contributed by atoms with van der Waals surface area (Å²) in [6, 6.07) is 20.1. The van der Waals surface area contributed by atoms with Crippen LogP contribution in [0, 0.1) is 5.92 Å². The number of ether oxygens (including phenoxy) is 1. The predicted octanol–water partition coefficient (Wildman–Crippen LogP) is 5.51. The normalized spacial score (nSPS) is 13.1. The second kappa shape index (κ2) is 9.19. The third-order valence-electron chi connectivity index (χ3n) is 4.07. The summed E-state index contributed by atoms with van der Waals surface area (Å²) in [5.41, 5.74) is 3.38. The first-order chi connectivity index (χ1) is 11.6. The molecule has 0 bridgehead atoms. The minimum absolute atomic E-state index is 0.161. The van der Waals surface area contributed by atoms with E-state index in [-0.39, 0.29) is 17.8 Å². The summed E-state index contributed by atoms with van der Waals surface area (Å²) in [5.74, 6) is -0.0135. The molecule has 0 heterocycles. The third kappa shape index (κ3) is 5.47. The number of carbonyl (C=O) groups is 1. The highest BCUT2D eigenvalue weighted by molar-refractivity contribution is 5.79. The Morgan fingerprint density at radius 2 is 1.54 bits per heavy atom. The van der Waals surface area contributed by atoms with Gasteiger partial charge in [0.15, 0.2) is 0 Å². The van der Waals surface area contributed by atoms with Crippen LogP contribution in [0.4, 0.5) is 0 Å². The summed E-state index contributed by atoms with van der Waals surface area (Å²) in [4.78, 5) is 12.3. The zero-order valence-corrected chi connectivity index (χ0v) is 14.7. The van der Waals surface area contributed by atoms with Gasteiger partial charge < -0.3 is 4.74 Å². The summed E-state index contributed by atoms with van der Waals surface area (Å²) in [6.07, 6.45) is 2.58. The molecule has 0 saturated carbocycles. The average Bonchev–Trinajstić information content (AvgIpc) is 2.59. The van der Waals surface area contributed by atoms with Gasteiger partial charge in [-0.05, 0) is 38.3 Å². The minimum atomic E-state index is -0.237. The lowest BCUT2D eigenvalue weighted by atomic mass is 9.89. The minimum Gasteiger partial charge on any atom is -0.368 e. The van der Waals surface area contributed by atoms with Crippen molar-refractivity contribution in [1.82, 2.24) is 0 Å². The molecule has 0 aliphatic rings. The monoisotopic (exact) mass is 322 g/mol. The van der Waals surface area contributed by atoms with Gasteiger partial charge in [0.25, 0.3) is 0 Å². The van der Waals surface area contributed by atoms with Crippen LogP contribution < -0.4 is 0 Å². The quantitative estimate of drug-likeness (QED) is 0.599. The van der Waals surface area contributed by atoms with E-state index in [1.54, 1.807) is 6.92 Å². The van der Waals surface area contributed by atoms with Gasteiger partial charge in [-0.25, -0.2) is 0 Å². The molecule has 24 heavy (non-hydrogen) atoms. The number of ketones is 1. The van der Waals surface area contributed by atoms with Gasteiger partial charge in [-0.3, -0.25) is 4.79 Å². The molecule has 2 aromatic rings. The zero-order valence-electron chi connectivity index (χ0n) is 14.7. The van der Waals surface area contributed by atoms with Crippen LogP contribution in [0.15, 0.2) is 72.3 Å². The van der Waals surface area contributed by atoms with Crippen molar-refractivity contribution in [2.45, 2.75) is 39.9 Å². The summed E-state index contributed by atoms with van der Waals surface area (Å²) in [6.45, 7) is 6.27. The van der Waals surface area contributed by atoms with E-state index in [4.69, 9.17) is 4.74 Å². The molecule has 0 amide bonds. The molecule has 0 aliphatic carbocycles. The number of benzene rings is 2. The molecule has 0 unspecified atom stereocenters. The van der Waals surface area contributed by atoms with Crippen molar-refractivity contribution in [2.75, 3.05) is 0 Å². The summed E-state index contributed by atoms with van der Waals surface area (Å²) in [5, 5.41) is 0. The summed E-state index contributed by atoms with van der Waals surface area (Å²) >= 11 is 0. The first-order valence-electron chi connectivity index (χ1n) is 8.42. The Bertz CT molecular complexity index is 655. The number of hydrogen-bond donors (Lipinski definition) is 0. The van der Waals surface area contributed by atoms with Gasteiger partial charge in [0.05, 0.1) is 18.6 Å². The molecule has 0 radical (unpaired) electrons. The number of hydrogen-bond acceptors (Lipinski definition) is 2. The predicted molar refractivity (Wildman–Crippen MR) is 98.6 cm³/mol. The van der Waals surface area contributed by atoms with Crippen LogP contribution in [0.2, 0.25) is 0 Å². The van der Waals surface area contributed by atoms with Crippen LogP contribution in [-0.2, 0) is 16.1 Å². The molecule has 0 N–H and O–H groups in total. The van der Waals surface area contributed by atoms with E-state index in [0.29, 0.717) is 13.0 Å². The molecule has 2 aromatic carbocycles. The topological polar surface area (TPSA) is 26.3 Å². The van der Waals surface area contributed by atoms with Gasteiger partial charge in [-0.15, -0.1) is 0 Å². The van der Waals surface area contributed by atoms with Crippen molar-refractivity contribution in [3.05, 3.63) is 83.4 Å². The van der Waals surface area contributed by atoms with Crippen molar-refractivity contribution < 1.29 is 9.53 Å². The molecule has 0 aromatic heterocycles. The fraction of sp³-hybridized carbons (Fsp3) is 0.318. The molecule has 2 nitrogen and oxygen atoms in total. The standard InChI is InChI=1S/C22H26O2/c1-17(2)14-15-21(18(3)23)22(20-12-8-5-9-13-20)24-16-19-10-6-4-7-11-19/h4-14,21-22H,15-16H2,1-3H3/t21-,22-/m0/s1. The van der Waals surface area contributed by atoms with Crippen LogP contribution >= 0.6 is 0 Å². The Morgan fingerprint density at radius 3 is 2.08 bits per heavy atom. The average molecular weight is 322 g/mol. The van der Waals surface area contributed by atoms with Gasteiger partial charge in [0.1, 0.15) is 5.78 Å². The first kappa shape index (κ1) is 18.2. The Hall–Kier alpha value is -2.19. The maximum atomic E-state index is 12.3. The maximum Gasteiger partial charge on any atom is 0.136 e. The van der Waals surface area contributed by atoms with Crippen LogP contribution in [-0.4, -0.2) is 5.78 Å². The molecule has 2 heteroatoms. The van der Waals surface area contributed by atoms with Crippen molar-refractivity contribution in [3.8, 4) is 0 Å². The van der Waals surface area contributed by atoms with Gasteiger partial charge in [0, 0.05) is 0 Å². The van der Waals surface area contributed by atoms with Gasteiger partial charge in [-0.1, -0.05) is 72.3 Å². The Balaban J connectivity index is 2.23. The molecule has 0 fully saturated rings. The van der Waals surface area contributed by atoms with Crippen molar-refractivity contribution in [1.29, 1.82) is 0 Å². The highest BCUT2D eigenvalue weighted by Crippen LogP contribution is 2.31. The Labute approximate surface area is 145 Å². The van der Waals surface area contributed by atoms with E-state index in [9.17, 15) is 4.79 Å². The highest BCUT2D eigenvalue weighted by atomic mass is 16.5. The van der Waals surface area contributed by atoms with Crippen molar-refractivity contribution >= 4 is 5.78 Å². The van der Waals surface area contributed by atoms with E-state index in [1.807, 2.05) is 60.7 Å². The van der Waals surface area contributed by atoms with Crippen LogP contribution in [0.5, 0.6) is 0 Å². The van der Waals surface area contributed by atoms with Gasteiger partial charge in [0.2, 0.25) is 0 Å².